The highest BCUT2D eigenvalue weighted by molar-refractivity contribution is 7.99. The molecular weight excluding hydrogens is 356 g/mol. The molecule has 134 valence electrons. The van der Waals surface area contributed by atoms with Crippen LogP contribution in [0.1, 0.15) is 5.56 Å². The van der Waals surface area contributed by atoms with E-state index >= 15 is 0 Å². The molecule has 27 heavy (non-hydrogen) atoms. The molecule has 0 spiro atoms. The Labute approximate surface area is 160 Å². The van der Waals surface area contributed by atoms with E-state index < -0.39 is 0 Å². The lowest BCUT2D eigenvalue weighted by Gasteiger charge is -2.11. The van der Waals surface area contributed by atoms with Crippen LogP contribution in [0.5, 0.6) is 0 Å². The number of H-pyrrole nitrogens is 2. The normalized spacial score (nSPS) is 10.8. The van der Waals surface area contributed by atoms with Gasteiger partial charge in [-0.3, -0.25) is 15.6 Å². The first-order valence-electron chi connectivity index (χ1n) is 8.55. The number of amides is 1. The summed E-state index contributed by atoms with van der Waals surface area (Å²) in [7, 11) is 0. The summed E-state index contributed by atoms with van der Waals surface area (Å²) >= 11 is 1.41. The maximum atomic E-state index is 12.1. The zero-order valence-electron chi connectivity index (χ0n) is 14.6. The van der Waals surface area contributed by atoms with E-state index in [0.29, 0.717) is 5.70 Å². The van der Waals surface area contributed by atoms with Crippen LogP contribution in [0.25, 0.3) is 27.5 Å². The second-order valence-corrected chi connectivity index (χ2v) is 7.11. The first kappa shape index (κ1) is 17.2. The van der Waals surface area contributed by atoms with Crippen molar-refractivity contribution >= 4 is 45.2 Å². The molecule has 1 heterocycles. The third-order valence-corrected chi connectivity index (χ3v) is 5.12. The van der Waals surface area contributed by atoms with Gasteiger partial charge < -0.3 is 0 Å². The van der Waals surface area contributed by atoms with Gasteiger partial charge in [-0.25, -0.2) is 9.97 Å². The molecule has 0 fully saturated rings. The lowest BCUT2D eigenvalue weighted by molar-refractivity contribution is -0.396. The molecule has 0 unspecified atom stereocenters. The van der Waals surface area contributed by atoms with Gasteiger partial charge in [0.2, 0.25) is 5.91 Å². The average molecular weight is 375 g/mol. The van der Waals surface area contributed by atoms with Crippen molar-refractivity contribution in [2.75, 3.05) is 5.75 Å². The van der Waals surface area contributed by atoms with Crippen molar-refractivity contribution in [3.63, 3.8) is 0 Å². The van der Waals surface area contributed by atoms with Crippen molar-refractivity contribution in [2.45, 2.75) is 5.16 Å². The van der Waals surface area contributed by atoms with Gasteiger partial charge in [0.25, 0.3) is 0 Å². The Morgan fingerprint density at radius 3 is 2.63 bits per heavy atom. The van der Waals surface area contributed by atoms with Crippen molar-refractivity contribution in [1.82, 2.24) is 15.8 Å². The monoisotopic (exact) mass is 375 g/mol. The van der Waals surface area contributed by atoms with E-state index in [1.165, 1.54) is 17.1 Å². The van der Waals surface area contributed by atoms with E-state index in [4.69, 9.17) is 0 Å². The number of hydrogen-bond donors (Lipinski definition) is 3. The fourth-order valence-electron chi connectivity index (χ4n) is 2.82. The van der Waals surface area contributed by atoms with Crippen molar-refractivity contribution in [3.05, 3.63) is 78.9 Å². The quantitative estimate of drug-likeness (QED) is 0.357. The number of aromatic amines is 2. The van der Waals surface area contributed by atoms with Gasteiger partial charge >= 0.3 is 5.16 Å². The third-order valence-electron chi connectivity index (χ3n) is 4.22. The molecule has 0 aliphatic rings. The molecule has 5 nitrogen and oxygen atoms in total. The number of imidazole rings is 1. The topological polar surface area (TPSA) is 71.1 Å². The van der Waals surface area contributed by atoms with E-state index in [9.17, 15) is 4.79 Å². The zero-order chi connectivity index (χ0) is 18.6. The van der Waals surface area contributed by atoms with Crippen LogP contribution < -0.4 is 15.8 Å². The van der Waals surface area contributed by atoms with Gasteiger partial charge in [0, 0.05) is 0 Å². The summed E-state index contributed by atoms with van der Waals surface area (Å²) in [6.07, 6.45) is 0. The van der Waals surface area contributed by atoms with Gasteiger partial charge in [-0.05, 0) is 46.3 Å². The van der Waals surface area contributed by atoms with Crippen LogP contribution in [-0.2, 0) is 4.79 Å². The molecule has 1 aromatic heterocycles. The lowest BCUT2D eigenvalue weighted by Crippen LogP contribution is -2.37. The first-order valence-corrected chi connectivity index (χ1v) is 9.53. The van der Waals surface area contributed by atoms with Crippen LogP contribution in [0.15, 0.2) is 78.5 Å². The predicted molar refractivity (Wildman–Crippen MR) is 110 cm³/mol. The molecule has 4 aromatic rings. The lowest BCUT2D eigenvalue weighted by atomic mass is 10.1. The van der Waals surface area contributed by atoms with E-state index in [1.54, 1.807) is 0 Å². The van der Waals surface area contributed by atoms with Crippen LogP contribution in [0, 0.1) is 0 Å². The van der Waals surface area contributed by atoms with E-state index in [-0.39, 0.29) is 11.7 Å². The molecule has 0 atom stereocenters. The molecule has 3 aromatic carbocycles. The molecule has 4 N–H and O–H groups in total. The van der Waals surface area contributed by atoms with Crippen LogP contribution in [0.4, 0.5) is 0 Å². The Hall–Kier alpha value is -3.25. The second-order valence-electron chi connectivity index (χ2n) is 6.13. The largest absolute Gasteiger partial charge is 0.315 e. The minimum atomic E-state index is -0.131. The number of thioether (sulfide) groups is 1. The van der Waals surface area contributed by atoms with Crippen molar-refractivity contribution in [1.29, 1.82) is 0 Å². The standard InChI is InChI=1S/C21H18N4OS/c1-14(16-11-10-15-6-2-3-7-17(15)12-16)24-25-20(26)13-27-21-22-18-8-4-5-9-19(18)23-21/h2-12,24H,1,13H2,(H,22,23)(H,25,26)/p+1. The summed E-state index contributed by atoms with van der Waals surface area (Å²) in [5.74, 6) is 0.149. The summed E-state index contributed by atoms with van der Waals surface area (Å²) in [6, 6.07) is 22.1. The Kier molecular flexibility index (Phi) is 4.80. The average Bonchev–Trinajstić information content (AvgIpc) is 3.13. The SMILES string of the molecule is C=C(NNC(=O)CSc1[nH]c2ccccc2[nH+]1)c1ccc2ccccc2c1. The van der Waals surface area contributed by atoms with E-state index in [1.807, 2.05) is 54.6 Å². The van der Waals surface area contributed by atoms with Crippen molar-refractivity contribution in [2.24, 2.45) is 0 Å². The summed E-state index contributed by atoms with van der Waals surface area (Å²) in [5.41, 5.74) is 9.21. The molecular formula is C21H19N4OS+. The van der Waals surface area contributed by atoms with E-state index in [2.05, 4.69) is 39.5 Å². The Morgan fingerprint density at radius 1 is 1.00 bits per heavy atom. The summed E-state index contributed by atoms with van der Waals surface area (Å²) in [6.45, 7) is 4.01. The molecule has 4 rings (SSSR count). The number of aromatic nitrogens is 2. The summed E-state index contributed by atoms with van der Waals surface area (Å²) in [4.78, 5) is 18.6. The first-order chi connectivity index (χ1) is 13.2. The van der Waals surface area contributed by atoms with Crippen LogP contribution >= 0.6 is 11.8 Å². The van der Waals surface area contributed by atoms with Crippen LogP contribution in [-0.4, -0.2) is 16.6 Å². The highest BCUT2D eigenvalue weighted by Crippen LogP contribution is 2.19. The number of rotatable bonds is 6. The number of nitrogens with one attached hydrogen (secondary N) is 4. The van der Waals surface area contributed by atoms with Gasteiger partial charge in [-0.2, -0.15) is 0 Å². The molecule has 6 heteroatoms. The molecule has 0 radical (unpaired) electrons. The highest BCUT2D eigenvalue weighted by Gasteiger charge is 2.12. The van der Waals surface area contributed by atoms with Crippen molar-refractivity contribution in [3.8, 4) is 0 Å². The highest BCUT2D eigenvalue weighted by atomic mass is 32.2. The minimum Gasteiger partial charge on any atom is -0.299 e. The number of carbonyl (C=O) groups is 1. The fraction of sp³-hybridized carbons (Fsp3) is 0.0476. The Morgan fingerprint density at radius 2 is 1.78 bits per heavy atom. The summed E-state index contributed by atoms with van der Waals surface area (Å²) < 4.78 is 0. The maximum Gasteiger partial charge on any atom is 0.315 e. The molecule has 0 aliphatic carbocycles. The molecule has 0 saturated carbocycles. The van der Waals surface area contributed by atoms with Gasteiger partial charge in [0.05, 0.1) is 11.4 Å². The van der Waals surface area contributed by atoms with Gasteiger partial charge in [0.1, 0.15) is 0 Å². The number of carbonyl (C=O) groups excluding carboxylic acids is 1. The number of hydrazine groups is 1. The maximum absolute atomic E-state index is 12.1. The molecule has 0 aliphatic heterocycles. The Balaban J connectivity index is 1.32. The third kappa shape index (κ3) is 3.96. The number of hydrogen-bond acceptors (Lipinski definition) is 3. The summed E-state index contributed by atoms with van der Waals surface area (Å²) in [5, 5.41) is 3.15. The smallest absolute Gasteiger partial charge is 0.299 e. The molecule has 1 amide bonds. The van der Waals surface area contributed by atoms with Crippen LogP contribution in [0.2, 0.25) is 0 Å². The van der Waals surface area contributed by atoms with E-state index in [0.717, 1.165) is 27.1 Å². The second kappa shape index (κ2) is 7.55. The van der Waals surface area contributed by atoms with Gasteiger partial charge in [-0.1, -0.05) is 55.1 Å². The van der Waals surface area contributed by atoms with Crippen molar-refractivity contribution < 1.29 is 9.78 Å². The minimum absolute atomic E-state index is 0.131. The molecule has 0 saturated heterocycles. The number of fused-ring (bicyclic) bond motifs is 2. The fourth-order valence-corrected chi connectivity index (χ4v) is 3.53. The zero-order valence-corrected chi connectivity index (χ0v) is 15.4. The predicted octanol–water partition coefficient (Wildman–Crippen LogP) is 3.52. The van der Waals surface area contributed by atoms with Gasteiger partial charge in [-0.15, -0.1) is 0 Å². The number of para-hydroxylation sites is 2. The van der Waals surface area contributed by atoms with Gasteiger partial charge in [0.15, 0.2) is 11.0 Å². The number of benzene rings is 3. The molecule has 0 bridgehead atoms. The van der Waals surface area contributed by atoms with Crippen LogP contribution in [0.3, 0.4) is 0 Å². The Bertz CT molecular complexity index is 1100.